The Morgan fingerprint density at radius 1 is 0.381 bits per heavy atom. The Hall–Kier alpha value is -4.38. The molecule has 0 atom stereocenters. The molecule has 0 saturated heterocycles. The number of ether oxygens (including phenoxy) is 2. The number of aliphatic hydroxyl groups excluding tert-OH is 2. The van der Waals surface area contributed by atoms with Crippen LogP contribution >= 0.6 is 0 Å². The van der Waals surface area contributed by atoms with E-state index in [2.05, 4.69) is 72.8 Å². The van der Waals surface area contributed by atoms with Gasteiger partial charge < -0.3 is 19.7 Å². The van der Waals surface area contributed by atoms with Gasteiger partial charge in [0.2, 0.25) is 0 Å². The zero-order chi connectivity index (χ0) is 29.3. The Balaban J connectivity index is 1.51. The summed E-state index contributed by atoms with van der Waals surface area (Å²) in [6, 6.07) is 37.4. The number of hydrogen-bond acceptors (Lipinski definition) is 4. The van der Waals surface area contributed by atoms with E-state index >= 15 is 0 Å². The van der Waals surface area contributed by atoms with E-state index in [1.165, 1.54) is 33.4 Å². The maximum Gasteiger partial charge on any atom is 0.161 e. The fourth-order valence-electron chi connectivity index (χ4n) is 5.69. The lowest BCUT2D eigenvalue weighted by molar-refractivity contribution is 0.280. The molecule has 0 fully saturated rings. The van der Waals surface area contributed by atoms with E-state index in [4.69, 9.17) is 9.47 Å². The molecule has 2 N–H and O–H groups in total. The Labute approximate surface area is 248 Å². The van der Waals surface area contributed by atoms with Crippen LogP contribution in [-0.4, -0.2) is 24.4 Å². The highest BCUT2D eigenvalue weighted by Gasteiger charge is 2.16. The van der Waals surface area contributed by atoms with Crippen molar-refractivity contribution in [2.24, 2.45) is 0 Å². The summed E-state index contributed by atoms with van der Waals surface area (Å²) in [5, 5.41) is 19.8. The van der Waals surface area contributed by atoms with Gasteiger partial charge in [0.05, 0.1) is 27.4 Å². The van der Waals surface area contributed by atoms with Crippen LogP contribution in [0.3, 0.4) is 0 Å². The van der Waals surface area contributed by atoms with Crippen LogP contribution in [0.1, 0.15) is 55.6 Å². The minimum absolute atomic E-state index is 0.0281. The van der Waals surface area contributed by atoms with Gasteiger partial charge in [-0.2, -0.15) is 0 Å². The molecule has 5 aromatic carbocycles. The summed E-state index contributed by atoms with van der Waals surface area (Å²) in [4.78, 5) is 0. The van der Waals surface area contributed by atoms with E-state index in [1.54, 1.807) is 14.2 Å². The van der Waals surface area contributed by atoms with Crippen LogP contribution in [0.5, 0.6) is 11.5 Å². The van der Waals surface area contributed by atoms with Crippen LogP contribution in [0, 0.1) is 0 Å². The second kappa shape index (κ2) is 14.0. The third-order valence-corrected chi connectivity index (χ3v) is 8.04. The van der Waals surface area contributed by atoms with Crippen LogP contribution in [0.2, 0.25) is 0 Å². The Morgan fingerprint density at radius 2 is 0.619 bits per heavy atom. The van der Waals surface area contributed by atoms with E-state index in [0.717, 1.165) is 47.9 Å². The molecule has 42 heavy (non-hydrogen) atoms. The van der Waals surface area contributed by atoms with Crippen molar-refractivity contribution in [2.75, 3.05) is 14.2 Å². The van der Waals surface area contributed by atoms with Crippen molar-refractivity contribution in [3.63, 3.8) is 0 Å². The van der Waals surface area contributed by atoms with Gasteiger partial charge in [0.15, 0.2) is 11.5 Å². The van der Waals surface area contributed by atoms with Crippen LogP contribution in [0.15, 0.2) is 109 Å². The van der Waals surface area contributed by atoms with Crippen LogP contribution in [0.25, 0.3) is 0 Å². The van der Waals surface area contributed by atoms with E-state index < -0.39 is 0 Å². The van der Waals surface area contributed by atoms with Gasteiger partial charge in [-0.05, 0) is 93.5 Å². The minimum Gasteiger partial charge on any atom is -0.493 e. The van der Waals surface area contributed by atoms with Gasteiger partial charge >= 0.3 is 0 Å². The molecule has 214 valence electrons. The Kier molecular flexibility index (Phi) is 9.70. The molecule has 0 radical (unpaired) electrons. The van der Waals surface area contributed by atoms with Gasteiger partial charge in [0.1, 0.15) is 0 Å². The van der Waals surface area contributed by atoms with E-state index in [0.29, 0.717) is 11.5 Å². The van der Waals surface area contributed by atoms with Gasteiger partial charge in [0.25, 0.3) is 0 Å². The number of hydrogen-bond donors (Lipinski definition) is 2. The molecule has 5 rings (SSSR count). The Morgan fingerprint density at radius 3 is 0.881 bits per heavy atom. The lowest BCUT2D eigenvalue weighted by Gasteiger charge is -2.19. The average Bonchev–Trinajstić information content (AvgIpc) is 3.03. The Bertz CT molecular complexity index is 1520. The van der Waals surface area contributed by atoms with Crippen LogP contribution < -0.4 is 9.47 Å². The first kappa shape index (κ1) is 29.1. The molecule has 0 saturated carbocycles. The lowest BCUT2D eigenvalue weighted by atomic mass is 9.88. The van der Waals surface area contributed by atoms with Gasteiger partial charge in [0, 0.05) is 0 Å². The quantitative estimate of drug-likeness (QED) is 0.172. The van der Waals surface area contributed by atoms with Crippen molar-refractivity contribution in [1.29, 1.82) is 0 Å². The van der Waals surface area contributed by atoms with Crippen molar-refractivity contribution in [3.05, 3.63) is 165 Å². The van der Waals surface area contributed by atoms with Crippen LogP contribution in [-0.2, 0) is 38.9 Å². The third-order valence-electron chi connectivity index (χ3n) is 8.04. The third kappa shape index (κ3) is 6.73. The summed E-state index contributed by atoms with van der Waals surface area (Å²) in [5.41, 5.74) is 11.5. The minimum atomic E-state index is 0.0281. The average molecular weight is 559 g/mol. The standard InChI is InChI=1S/C38H38O4/c1-41-37-23-35(21-29-13-5-3-11-27(29)19-31-15-7-9-17-33(31)25-39)36(24-38(37)42-2)22-30-14-6-4-12-28(30)20-32-16-8-10-18-34(32)26-40/h3-18,23-24,39-40H,19-22,25-26H2,1-2H3. The molecule has 0 aliphatic heterocycles. The second-order valence-electron chi connectivity index (χ2n) is 10.6. The van der Waals surface area contributed by atoms with Crippen molar-refractivity contribution in [3.8, 4) is 11.5 Å². The smallest absolute Gasteiger partial charge is 0.161 e. The summed E-state index contributed by atoms with van der Waals surface area (Å²) in [7, 11) is 3.35. The largest absolute Gasteiger partial charge is 0.493 e. The zero-order valence-corrected chi connectivity index (χ0v) is 24.3. The molecule has 0 amide bonds. The predicted molar refractivity (Wildman–Crippen MR) is 168 cm³/mol. The molecule has 0 heterocycles. The van der Waals surface area contributed by atoms with Gasteiger partial charge in [-0.15, -0.1) is 0 Å². The van der Waals surface area contributed by atoms with Crippen LogP contribution in [0.4, 0.5) is 0 Å². The monoisotopic (exact) mass is 558 g/mol. The molecular formula is C38H38O4. The number of benzene rings is 5. The highest BCUT2D eigenvalue weighted by Crippen LogP contribution is 2.34. The summed E-state index contributed by atoms with van der Waals surface area (Å²) in [6.07, 6.45) is 2.98. The molecule has 4 nitrogen and oxygen atoms in total. The van der Waals surface area contributed by atoms with Crippen molar-refractivity contribution in [1.82, 2.24) is 0 Å². The lowest BCUT2D eigenvalue weighted by Crippen LogP contribution is -2.05. The molecule has 0 aromatic heterocycles. The molecule has 0 spiro atoms. The van der Waals surface area contributed by atoms with E-state index in [1.807, 2.05) is 36.4 Å². The maximum absolute atomic E-state index is 9.89. The van der Waals surface area contributed by atoms with Crippen molar-refractivity contribution in [2.45, 2.75) is 38.9 Å². The molecule has 0 bridgehead atoms. The first-order valence-electron chi connectivity index (χ1n) is 14.4. The van der Waals surface area contributed by atoms with Crippen molar-refractivity contribution < 1.29 is 19.7 Å². The number of methoxy groups -OCH3 is 2. The summed E-state index contributed by atoms with van der Waals surface area (Å²) >= 11 is 0. The second-order valence-corrected chi connectivity index (χ2v) is 10.6. The van der Waals surface area contributed by atoms with Gasteiger partial charge in [-0.1, -0.05) is 97.1 Å². The van der Waals surface area contributed by atoms with Gasteiger partial charge in [-0.3, -0.25) is 0 Å². The topological polar surface area (TPSA) is 58.9 Å². The summed E-state index contributed by atoms with van der Waals surface area (Å²) in [5.74, 6) is 1.43. The molecule has 0 unspecified atom stereocenters. The van der Waals surface area contributed by atoms with Gasteiger partial charge in [-0.25, -0.2) is 0 Å². The molecule has 5 aromatic rings. The maximum atomic E-state index is 9.89. The van der Waals surface area contributed by atoms with Crippen molar-refractivity contribution >= 4 is 0 Å². The summed E-state index contributed by atoms with van der Waals surface area (Å²) < 4.78 is 11.5. The SMILES string of the molecule is COc1cc(Cc2ccccc2Cc2ccccc2CO)c(Cc2ccccc2Cc2ccccc2CO)cc1OC. The molecule has 4 heteroatoms. The molecule has 0 aliphatic carbocycles. The van der Waals surface area contributed by atoms with E-state index in [-0.39, 0.29) is 13.2 Å². The first-order valence-corrected chi connectivity index (χ1v) is 14.4. The highest BCUT2D eigenvalue weighted by atomic mass is 16.5. The number of rotatable bonds is 12. The fourth-order valence-corrected chi connectivity index (χ4v) is 5.69. The normalized spacial score (nSPS) is 11.0. The highest BCUT2D eigenvalue weighted by molar-refractivity contribution is 5.52. The van der Waals surface area contributed by atoms with E-state index in [9.17, 15) is 10.2 Å². The number of aliphatic hydroxyl groups is 2. The predicted octanol–water partition coefficient (Wildman–Crippen LogP) is 7.05. The molecule has 0 aliphatic rings. The molecular weight excluding hydrogens is 520 g/mol. The first-order chi connectivity index (χ1) is 20.6. The fraction of sp³-hybridized carbons (Fsp3) is 0.211. The zero-order valence-electron chi connectivity index (χ0n) is 24.3. The summed E-state index contributed by atoms with van der Waals surface area (Å²) in [6.45, 7) is 0.0563.